The summed E-state index contributed by atoms with van der Waals surface area (Å²) >= 11 is 0. The molecule has 0 spiro atoms. The normalized spacial score (nSPS) is 14.1. The van der Waals surface area contributed by atoms with Crippen LogP contribution in [0.4, 0.5) is 10.5 Å². The predicted octanol–water partition coefficient (Wildman–Crippen LogP) is 5.12. The van der Waals surface area contributed by atoms with Gasteiger partial charge in [-0.05, 0) is 89.1 Å². The standard InChI is InChI=1S/C28H37N3O4/c1-17-10-9-13-22(20(17)4)25(26(33)30-24-18(2)11-8-12-19(24)3)31(21-14-15-21)23(32)16-29-27(34)35-28(5,6)7/h8-13,21,25H,14-16H2,1-7H3,(H,29,34)(H,30,33). The van der Waals surface area contributed by atoms with Gasteiger partial charge in [0.1, 0.15) is 18.2 Å². The quantitative estimate of drug-likeness (QED) is 0.577. The van der Waals surface area contributed by atoms with E-state index in [0.29, 0.717) is 0 Å². The minimum absolute atomic E-state index is 0.0587. The highest BCUT2D eigenvalue weighted by Gasteiger charge is 2.42. The van der Waals surface area contributed by atoms with Gasteiger partial charge in [0.25, 0.3) is 5.91 Å². The Kier molecular flexibility index (Phi) is 7.88. The highest BCUT2D eigenvalue weighted by atomic mass is 16.6. The van der Waals surface area contributed by atoms with Crippen molar-refractivity contribution in [3.05, 3.63) is 64.2 Å². The molecule has 0 saturated heterocycles. The van der Waals surface area contributed by atoms with Crippen molar-refractivity contribution >= 4 is 23.6 Å². The largest absolute Gasteiger partial charge is 0.444 e. The van der Waals surface area contributed by atoms with Crippen LogP contribution in [0.1, 0.15) is 67.5 Å². The molecule has 3 amide bonds. The van der Waals surface area contributed by atoms with Gasteiger partial charge in [0.05, 0.1) is 0 Å². The van der Waals surface area contributed by atoms with Crippen LogP contribution >= 0.6 is 0 Å². The van der Waals surface area contributed by atoms with Crippen LogP contribution < -0.4 is 10.6 Å². The molecule has 2 aromatic carbocycles. The van der Waals surface area contributed by atoms with Crippen LogP contribution in [0, 0.1) is 27.7 Å². The smallest absolute Gasteiger partial charge is 0.408 e. The van der Waals surface area contributed by atoms with Crippen molar-refractivity contribution < 1.29 is 19.1 Å². The summed E-state index contributed by atoms with van der Waals surface area (Å²) < 4.78 is 5.28. The molecule has 1 saturated carbocycles. The third-order valence-electron chi connectivity index (χ3n) is 6.21. The van der Waals surface area contributed by atoms with Gasteiger partial charge in [-0.2, -0.15) is 0 Å². The molecule has 0 radical (unpaired) electrons. The first-order chi connectivity index (χ1) is 16.4. The second-order valence-corrected chi connectivity index (χ2v) is 10.3. The number of carbonyl (C=O) groups excluding carboxylic acids is 3. The summed E-state index contributed by atoms with van der Waals surface area (Å²) in [6.07, 6.45) is 0.969. The lowest BCUT2D eigenvalue weighted by atomic mass is 9.95. The first-order valence-electron chi connectivity index (χ1n) is 12.1. The van der Waals surface area contributed by atoms with Crippen LogP contribution in [0.2, 0.25) is 0 Å². The Balaban J connectivity index is 1.94. The van der Waals surface area contributed by atoms with Crippen LogP contribution in [0.25, 0.3) is 0 Å². The molecule has 2 N–H and O–H groups in total. The number of benzene rings is 2. The topological polar surface area (TPSA) is 87.7 Å². The van der Waals surface area contributed by atoms with Crippen molar-refractivity contribution in [1.82, 2.24) is 10.2 Å². The number of amides is 3. The Morgan fingerprint density at radius 1 is 0.971 bits per heavy atom. The Hall–Kier alpha value is -3.35. The van der Waals surface area contributed by atoms with Crippen LogP contribution in [0.5, 0.6) is 0 Å². The van der Waals surface area contributed by atoms with Crippen LogP contribution in [0.3, 0.4) is 0 Å². The molecule has 3 rings (SSSR count). The Bertz CT molecular complexity index is 1100. The molecule has 188 valence electrons. The monoisotopic (exact) mass is 479 g/mol. The minimum Gasteiger partial charge on any atom is -0.444 e. The number of rotatable bonds is 7. The molecule has 35 heavy (non-hydrogen) atoms. The molecule has 1 fully saturated rings. The lowest BCUT2D eigenvalue weighted by Gasteiger charge is -2.33. The molecule has 7 nitrogen and oxygen atoms in total. The fraction of sp³-hybridized carbons (Fsp3) is 0.464. The molecule has 1 aliphatic carbocycles. The van der Waals surface area contributed by atoms with E-state index in [4.69, 9.17) is 4.74 Å². The van der Waals surface area contributed by atoms with E-state index in [9.17, 15) is 14.4 Å². The van der Waals surface area contributed by atoms with Gasteiger partial charge < -0.3 is 20.3 Å². The van der Waals surface area contributed by atoms with Gasteiger partial charge >= 0.3 is 6.09 Å². The number of para-hydroxylation sites is 1. The minimum atomic E-state index is -0.825. The summed E-state index contributed by atoms with van der Waals surface area (Å²) in [6, 6.07) is 10.8. The molecule has 1 unspecified atom stereocenters. The van der Waals surface area contributed by atoms with Crippen molar-refractivity contribution in [3.8, 4) is 0 Å². The van der Waals surface area contributed by atoms with E-state index in [1.54, 1.807) is 25.7 Å². The SMILES string of the molecule is Cc1cccc(C(C(=O)Nc2c(C)cccc2C)N(C(=O)CNC(=O)OC(C)(C)C)C2CC2)c1C. The highest BCUT2D eigenvalue weighted by molar-refractivity contribution is 5.99. The summed E-state index contributed by atoms with van der Waals surface area (Å²) in [6.45, 7) is 12.9. The van der Waals surface area contributed by atoms with Crippen LogP contribution in [0.15, 0.2) is 36.4 Å². The number of anilines is 1. The number of hydrogen-bond acceptors (Lipinski definition) is 4. The summed E-state index contributed by atoms with van der Waals surface area (Å²) in [7, 11) is 0. The fourth-order valence-electron chi connectivity index (χ4n) is 4.15. The van der Waals surface area contributed by atoms with Gasteiger partial charge in [-0.25, -0.2) is 4.79 Å². The maximum Gasteiger partial charge on any atom is 0.408 e. The first-order valence-corrected chi connectivity index (χ1v) is 12.1. The van der Waals surface area contributed by atoms with Gasteiger partial charge in [0.15, 0.2) is 0 Å². The average Bonchev–Trinajstić information content (AvgIpc) is 3.59. The average molecular weight is 480 g/mol. The predicted molar refractivity (Wildman–Crippen MR) is 137 cm³/mol. The molecule has 7 heteroatoms. The van der Waals surface area contributed by atoms with Crippen molar-refractivity contribution in [1.29, 1.82) is 0 Å². The van der Waals surface area contributed by atoms with Crippen LogP contribution in [-0.2, 0) is 14.3 Å². The molecule has 0 bridgehead atoms. The number of nitrogens with one attached hydrogen (secondary N) is 2. The molecule has 2 aromatic rings. The first kappa shape index (κ1) is 26.3. The Labute approximate surface area is 208 Å². The molecule has 0 aromatic heterocycles. The van der Waals surface area contributed by atoms with E-state index in [2.05, 4.69) is 10.6 Å². The van der Waals surface area contributed by atoms with Gasteiger partial charge in [0, 0.05) is 11.7 Å². The Morgan fingerprint density at radius 2 is 1.54 bits per heavy atom. The number of carbonyl (C=O) groups is 3. The van der Waals surface area contributed by atoms with Gasteiger partial charge in [-0.15, -0.1) is 0 Å². The second kappa shape index (κ2) is 10.5. The maximum absolute atomic E-state index is 13.9. The summed E-state index contributed by atoms with van der Waals surface area (Å²) in [5.41, 5.74) is 4.78. The van der Waals surface area contributed by atoms with Gasteiger partial charge in [-0.1, -0.05) is 36.4 Å². The zero-order valence-corrected chi connectivity index (χ0v) is 21.8. The molecular weight excluding hydrogens is 442 g/mol. The molecule has 1 aliphatic rings. The second-order valence-electron chi connectivity index (χ2n) is 10.3. The molecule has 1 atom stereocenters. The highest BCUT2D eigenvalue weighted by Crippen LogP contribution is 2.37. The lowest BCUT2D eigenvalue weighted by molar-refractivity contribution is -0.139. The van der Waals surface area contributed by atoms with E-state index >= 15 is 0 Å². The number of ether oxygens (including phenoxy) is 1. The van der Waals surface area contributed by atoms with E-state index in [0.717, 1.165) is 46.3 Å². The van der Waals surface area contributed by atoms with Crippen molar-refractivity contribution in [2.45, 2.75) is 79.0 Å². The molecule has 0 aliphatic heterocycles. The molecule has 0 heterocycles. The summed E-state index contributed by atoms with van der Waals surface area (Å²) in [4.78, 5) is 41.2. The number of hydrogen-bond donors (Lipinski definition) is 2. The third kappa shape index (κ3) is 6.62. The van der Waals surface area contributed by atoms with E-state index in [-0.39, 0.29) is 24.4 Å². The number of nitrogens with zero attached hydrogens (tertiary/aromatic N) is 1. The maximum atomic E-state index is 13.9. The van der Waals surface area contributed by atoms with E-state index in [1.165, 1.54) is 0 Å². The van der Waals surface area contributed by atoms with E-state index in [1.807, 2.05) is 64.1 Å². The van der Waals surface area contributed by atoms with Crippen molar-refractivity contribution in [2.75, 3.05) is 11.9 Å². The van der Waals surface area contributed by atoms with Gasteiger partial charge in [-0.3, -0.25) is 9.59 Å². The van der Waals surface area contributed by atoms with Crippen LogP contribution in [-0.4, -0.2) is 41.0 Å². The van der Waals surface area contributed by atoms with Crippen molar-refractivity contribution in [3.63, 3.8) is 0 Å². The number of alkyl carbamates (subject to hydrolysis) is 1. The lowest BCUT2D eigenvalue weighted by Crippen LogP contribution is -2.47. The summed E-state index contributed by atoms with van der Waals surface area (Å²) in [5.74, 6) is -0.588. The van der Waals surface area contributed by atoms with Gasteiger partial charge in [0.2, 0.25) is 5.91 Å². The zero-order chi connectivity index (χ0) is 25.9. The number of aryl methyl sites for hydroxylation is 3. The van der Waals surface area contributed by atoms with E-state index < -0.39 is 17.7 Å². The fourth-order valence-corrected chi connectivity index (χ4v) is 4.15. The molecular formula is C28H37N3O4. The Morgan fingerprint density at radius 3 is 2.11 bits per heavy atom. The zero-order valence-electron chi connectivity index (χ0n) is 21.8. The summed E-state index contributed by atoms with van der Waals surface area (Å²) in [5, 5.41) is 5.65. The third-order valence-corrected chi connectivity index (χ3v) is 6.21. The van der Waals surface area contributed by atoms with Crippen molar-refractivity contribution in [2.24, 2.45) is 0 Å².